The van der Waals surface area contributed by atoms with Gasteiger partial charge in [0.15, 0.2) is 17.5 Å². The van der Waals surface area contributed by atoms with Crippen LogP contribution in [0.3, 0.4) is 0 Å². The number of hydrogen-bond donors (Lipinski definition) is 0. The lowest BCUT2D eigenvalue weighted by molar-refractivity contribution is 0.670. The van der Waals surface area contributed by atoms with Crippen LogP contribution >= 0.6 is 0 Å². The first-order valence-corrected chi connectivity index (χ1v) is 17.9. The molecule has 262 valence electrons. The van der Waals surface area contributed by atoms with Gasteiger partial charge in [-0.15, -0.1) is 0 Å². The molecule has 0 bridgehead atoms. The van der Waals surface area contributed by atoms with E-state index in [1.165, 1.54) is 6.07 Å². The molecule has 0 spiro atoms. The van der Waals surface area contributed by atoms with Crippen molar-refractivity contribution in [2.45, 2.75) is 0 Å². The lowest BCUT2D eigenvalue weighted by Gasteiger charge is -2.16. The van der Waals surface area contributed by atoms with E-state index < -0.39 is 59.5 Å². The molecular weight excluding hydrogens is 685 g/mol. The standard InChI is InChI=1S/C51H32N4O/c1-4-15-33(16-5-1)36-27-29-45-42(31-36)38-21-10-12-25-44(38)55(45)46-30-28-37(32-43(46)41-24-14-23-40-39-22-11-13-26-47(39)56-48(40)41)51-53-49(34-17-6-2-7-18-34)52-50(54-51)35-19-8-3-9-20-35/h1-32H/i1D,4D,5D,10D,15D,16D,21D,25D,27D,29D,31D. The topological polar surface area (TPSA) is 56.7 Å². The minimum absolute atomic E-state index is 0.0472. The fourth-order valence-electron chi connectivity index (χ4n) is 7.29. The molecule has 3 aromatic heterocycles. The smallest absolute Gasteiger partial charge is 0.164 e. The van der Waals surface area contributed by atoms with E-state index >= 15 is 0 Å². The van der Waals surface area contributed by atoms with Crippen LogP contribution in [0.15, 0.2) is 198 Å². The van der Waals surface area contributed by atoms with Crippen LogP contribution in [0.2, 0.25) is 0 Å². The van der Waals surface area contributed by atoms with Gasteiger partial charge in [0.25, 0.3) is 0 Å². The van der Waals surface area contributed by atoms with Crippen molar-refractivity contribution >= 4 is 43.7 Å². The number of rotatable bonds is 6. The average molecular weight is 728 g/mol. The molecule has 5 heteroatoms. The fourth-order valence-corrected chi connectivity index (χ4v) is 7.29. The van der Waals surface area contributed by atoms with Gasteiger partial charge in [-0.2, -0.15) is 0 Å². The maximum Gasteiger partial charge on any atom is 0.164 e. The summed E-state index contributed by atoms with van der Waals surface area (Å²) in [6.45, 7) is 0. The van der Waals surface area contributed by atoms with Crippen molar-refractivity contribution < 1.29 is 19.5 Å². The number of aromatic nitrogens is 4. The Morgan fingerprint density at radius 1 is 0.429 bits per heavy atom. The molecule has 0 saturated heterocycles. The van der Waals surface area contributed by atoms with Crippen LogP contribution in [0.25, 0.3) is 106 Å². The molecule has 0 fully saturated rings. The number of hydrogen-bond acceptors (Lipinski definition) is 4. The highest BCUT2D eigenvalue weighted by molar-refractivity contribution is 6.13. The molecule has 8 aromatic carbocycles. The Balaban J connectivity index is 1.28. The number of para-hydroxylation sites is 3. The van der Waals surface area contributed by atoms with Crippen molar-refractivity contribution in [1.29, 1.82) is 0 Å². The summed E-state index contributed by atoms with van der Waals surface area (Å²) in [6, 6.07) is 33.2. The van der Waals surface area contributed by atoms with Crippen LogP contribution in [-0.2, 0) is 0 Å². The number of fused-ring (bicyclic) bond motifs is 6. The summed E-state index contributed by atoms with van der Waals surface area (Å²) >= 11 is 0. The van der Waals surface area contributed by atoms with E-state index in [4.69, 9.17) is 27.6 Å². The van der Waals surface area contributed by atoms with Gasteiger partial charge in [-0.25, -0.2) is 15.0 Å². The molecular formula is C51H32N4O. The third kappa shape index (κ3) is 5.29. The number of furan rings is 1. The van der Waals surface area contributed by atoms with E-state index in [2.05, 4.69) is 0 Å². The van der Waals surface area contributed by atoms with Gasteiger partial charge in [0.2, 0.25) is 0 Å². The molecule has 0 aliphatic carbocycles. The molecule has 11 rings (SSSR count). The molecule has 0 N–H and O–H groups in total. The maximum atomic E-state index is 9.72. The Bertz CT molecular complexity index is 3810. The normalized spacial score (nSPS) is 14.3. The largest absolute Gasteiger partial charge is 0.455 e. The second-order valence-electron chi connectivity index (χ2n) is 13.1. The number of benzene rings is 8. The molecule has 0 aliphatic heterocycles. The van der Waals surface area contributed by atoms with Gasteiger partial charge < -0.3 is 8.98 Å². The van der Waals surface area contributed by atoms with E-state index in [9.17, 15) is 6.85 Å². The van der Waals surface area contributed by atoms with Crippen LogP contribution in [-0.4, -0.2) is 19.5 Å². The number of nitrogens with zero attached hydrogens (tertiary/aromatic N) is 4. The first kappa shape index (κ1) is 22.6. The lowest BCUT2D eigenvalue weighted by atomic mass is 9.97. The minimum atomic E-state index is -0.679. The van der Waals surface area contributed by atoms with Gasteiger partial charge in [0.05, 0.1) is 31.8 Å². The average Bonchev–Trinajstić information content (AvgIpc) is 3.93. The van der Waals surface area contributed by atoms with E-state index in [0.717, 1.165) is 21.9 Å². The predicted molar refractivity (Wildman–Crippen MR) is 229 cm³/mol. The van der Waals surface area contributed by atoms with Gasteiger partial charge in [-0.3, -0.25) is 0 Å². The molecule has 0 radical (unpaired) electrons. The van der Waals surface area contributed by atoms with Crippen LogP contribution < -0.4 is 0 Å². The summed E-state index contributed by atoms with van der Waals surface area (Å²) in [6.07, 6.45) is 0. The first-order chi connectivity index (χ1) is 32.3. The summed E-state index contributed by atoms with van der Waals surface area (Å²) in [5.74, 6) is 1.20. The molecule has 3 heterocycles. The van der Waals surface area contributed by atoms with Crippen LogP contribution in [0.4, 0.5) is 0 Å². The first-order valence-electron chi connectivity index (χ1n) is 23.4. The molecule has 0 unspecified atom stereocenters. The summed E-state index contributed by atoms with van der Waals surface area (Å²) < 4.78 is 107. The lowest BCUT2D eigenvalue weighted by Crippen LogP contribution is -2.02. The van der Waals surface area contributed by atoms with Gasteiger partial charge in [0, 0.05) is 49.4 Å². The van der Waals surface area contributed by atoms with Crippen LogP contribution in [0.1, 0.15) is 15.1 Å². The highest BCUT2D eigenvalue weighted by Crippen LogP contribution is 2.43. The molecule has 5 nitrogen and oxygen atoms in total. The van der Waals surface area contributed by atoms with Crippen molar-refractivity contribution in [2.75, 3.05) is 0 Å². The maximum absolute atomic E-state index is 9.72. The molecule has 56 heavy (non-hydrogen) atoms. The Hall–Kier alpha value is -7.63. The van der Waals surface area contributed by atoms with Crippen molar-refractivity contribution in [3.63, 3.8) is 0 Å². The molecule has 0 amide bonds. The van der Waals surface area contributed by atoms with E-state index in [1.54, 1.807) is 16.7 Å². The highest BCUT2D eigenvalue weighted by Gasteiger charge is 2.21. The summed E-state index contributed by atoms with van der Waals surface area (Å²) in [5, 5.41) is 1.53. The van der Waals surface area contributed by atoms with Gasteiger partial charge in [-0.1, -0.05) is 151 Å². The quantitative estimate of drug-likeness (QED) is 0.171. The van der Waals surface area contributed by atoms with Gasteiger partial charge >= 0.3 is 0 Å². The Labute approximate surface area is 338 Å². The molecule has 11 aromatic rings. The van der Waals surface area contributed by atoms with Crippen molar-refractivity contribution in [3.8, 4) is 62.1 Å². The zero-order chi connectivity index (χ0) is 46.6. The minimum Gasteiger partial charge on any atom is -0.455 e. The van der Waals surface area contributed by atoms with Crippen molar-refractivity contribution in [1.82, 2.24) is 19.5 Å². The van der Waals surface area contributed by atoms with Crippen molar-refractivity contribution in [2.24, 2.45) is 0 Å². The Morgan fingerprint density at radius 2 is 1.11 bits per heavy atom. The van der Waals surface area contributed by atoms with Crippen LogP contribution in [0.5, 0.6) is 0 Å². The zero-order valence-electron chi connectivity index (χ0n) is 40.3. The molecule has 0 aliphatic rings. The predicted octanol–water partition coefficient (Wildman–Crippen LogP) is 13.2. The zero-order valence-corrected chi connectivity index (χ0v) is 29.3. The Kier molecular flexibility index (Phi) is 5.25. The third-order valence-corrected chi connectivity index (χ3v) is 9.84. The highest BCUT2D eigenvalue weighted by atomic mass is 16.3. The second kappa shape index (κ2) is 13.0. The fraction of sp³-hybridized carbons (Fsp3) is 0. The summed E-state index contributed by atoms with van der Waals surface area (Å²) in [5.41, 5.74) is 3.84. The van der Waals surface area contributed by atoms with E-state index in [1.807, 2.05) is 109 Å². The summed E-state index contributed by atoms with van der Waals surface area (Å²) in [4.78, 5) is 14.9. The summed E-state index contributed by atoms with van der Waals surface area (Å²) in [7, 11) is 0. The van der Waals surface area contributed by atoms with Gasteiger partial charge in [0.1, 0.15) is 11.2 Å². The monoisotopic (exact) mass is 727 g/mol. The van der Waals surface area contributed by atoms with Gasteiger partial charge in [-0.05, 0) is 53.5 Å². The third-order valence-electron chi connectivity index (χ3n) is 9.84. The molecule has 0 saturated carbocycles. The van der Waals surface area contributed by atoms with E-state index in [-0.39, 0.29) is 39.9 Å². The van der Waals surface area contributed by atoms with E-state index in [0.29, 0.717) is 51.0 Å². The molecule has 0 atom stereocenters. The SMILES string of the molecule is [2H]c1cc([2H])c2c(c1[2H])c1c([2H])c(-c3c([2H])c([2H])c([2H])c([2H])c3[2H])c([2H])c([2H])c1n2-c1ccc(-c2nc(-c3ccccc3)nc(-c3ccccc3)n2)cc1-c1cccc2c1oc1ccccc12. The Morgan fingerprint density at radius 3 is 1.88 bits per heavy atom. The van der Waals surface area contributed by atoms with Crippen LogP contribution in [0, 0.1) is 0 Å². The second-order valence-corrected chi connectivity index (χ2v) is 13.1. The van der Waals surface area contributed by atoms with Crippen molar-refractivity contribution in [3.05, 3.63) is 194 Å².